The summed E-state index contributed by atoms with van der Waals surface area (Å²) in [6, 6.07) is 0. The zero-order valence-electron chi connectivity index (χ0n) is 1.73. The molecule has 0 aromatic rings. The second-order valence-electron chi connectivity index (χ2n) is 0. The standard InChI is InChI=1S/Cu.Ni.H3P.W/h;;1H3;. The normalized spacial score (nSPS) is 0. The molecule has 0 aliphatic carbocycles. The maximum atomic E-state index is 0. The minimum atomic E-state index is 0. The molecule has 1 unspecified atom stereocenters. The first kappa shape index (κ1) is 35.5. The Labute approximate surface area is 64.1 Å². The molecule has 1 radical (unpaired) electrons. The molecule has 0 nitrogen and oxygen atoms in total. The maximum Gasteiger partial charge on any atom is 0 e. The molecule has 4 heteroatoms. The van der Waals surface area contributed by atoms with E-state index in [2.05, 4.69) is 0 Å². The van der Waals surface area contributed by atoms with E-state index in [1.807, 2.05) is 0 Å². The first-order valence-corrected chi connectivity index (χ1v) is 0. The maximum absolute atomic E-state index is 0. The first-order valence-electron chi connectivity index (χ1n) is 0. The van der Waals surface area contributed by atoms with E-state index in [1.54, 1.807) is 0 Å². The van der Waals surface area contributed by atoms with Crippen molar-refractivity contribution in [2.24, 2.45) is 0 Å². The van der Waals surface area contributed by atoms with Crippen molar-refractivity contribution in [3.05, 3.63) is 0 Å². The van der Waals surface area contributed by atoms with Crippen LogP contribution in [0.2, 0.25) is 0 Å². The molecule has 0 amide bonds. The molecule has 4 heavy (non-hydrogen) atoms. The van der Waals surface area contributed by atoms with Gasteiger partial charge in [0, 0.05) is 54.6 Å². The van der Waals surface area contributed by atoms with Gasteiger partial charge in [0.2, 0.25) is 0 Å². The summed E-state index contributed by atoms with van der Waals surface area (Å²) in [6.45, 7) is 0. The van der Waals surface area contributed by atoms with E-state index < -0.39 is 0 Å². The summed E-state index contributed by atoms with van der Waals surface area (Å²) >= 11 is 0. The Morgan fingerprint density at radius 3 is 1.00 bits per heavy atom. The van der Waals surface area contributed by atoms with Crippen molar-refractivity contribution < 1.29 is 54.6 Å². The van der Waals surface area contributed by atoms with Crippen molar-refractivity contribution >= 4 is 9.90 Å². The van der Waals surface area contributed by atoms with Gasteiger partial charge in [-0.1, -0.05) is 0 Å². The van der Waals surface area contributed by atoms with Crippen molar-refractivity contribution in [2.75, 3.05) is 0 Å². The van der Waals surface area contributed by atoms with Crippen LogP contribution >= 0.6 is 9.90 Å². The van der Waals surface area contributed by atoms with Crippen molar-refractivity contribution in [3.63, 3.8) is 0 Å². The Hall–Kier alpha value is 2.13. The van der Waals surface area contributed by atoms with Crippen LogP contribution in [0.5, 0.6) is 0 Å². The molecule has 0 N–H and O–H groups in total. The van der Waals surface area contributed by atoms with Gasteiger partial charge in [0.25, 0.3) is 0 Å². The van der Waals surface area contributed by atoms with E-state index in [4.69, 9.17) is 0 Å². The van der Waals surface area contributed by atoms with Gasteiger partial charge in [-0.2, -0.15) is 9.90 Å². The van der Waals surface area contributed by atoms with Gasteiger partial charge in [-0.25, -0.2) is 0 Å². The molecular weight excluding hydrogens is 337 g/mol. The van der Waals surface area contributed by atoms with Crippen LogP contribution in [0.4, 0.5) is 0 Å². The van der Waals surface area contributed by atoms with Crippen LogP contribution in [0.15, 0.2) is 0 Å². The van der Waals surface area contributed by atoms with Crippen LogP contribution in [-0.2, 0) is 54.6 Å². The second-order valence-corrected chi connectivity index (χ2v) is 0. The van der Waals surface area contributed by atoms with Crippen LogP contribution in [0.25, 0.3) is 0 Å². The topological polar surface area (TPSA) is 0 Å². The van der Waals surface area contributed by atoms with Gasteiger partial charge in [0.05, 0.1) is 0 Å². The monoisotopic (exact) mass is 339 g/mol. The van der Waals surface area contributed by atoms with Crippen molar-refractivity contribution in [3.8, 4) is 0 Å². The molecule has 0 rings (SSSR count). The van der Waals surface area contributed by atoms with E-state index in [-0.39, 0.29) is 64.5 Å². The molecule has 1 atom stereocenters. The van der Waals surface area contributed by atoms with Gasteiger partial charge in [-0.15, -0.1) is 0 Å². The largest absolute Gasteiger partial charge is 0.153 e. The molecule has 0 saturated carbocycles. The average Bonchev–Trinajstić information content (AvgIpc) is 0. The number of hydrogen-bond donors (Lipinski definition) is 0. The molecule has 0 heterocycles. The Bertz CT molecular complexity index is 8.00. The quantitative estimate of drug-likeness (QED) is 0.432. The van der Waals surface area contributed by atoms with Crippen LogP contribution in [0.1, 0.15) is 0 Å². The summed E-state index contributed by atoms with van der Waals surface area (Å²) in [5.41, 5.74) is 0. The Morgan fingerprint density at radius 2 is 1.00 bits per heavy atom. The van der Waals surface area contributed by atoms with Crippen molar-refractivity contribution in [1.82, 2.24) is 0 Å². The van der Waals surface area contributed by atoms with E-state index in [0.29, 0.717) is 0 Å². The fourth-order valence-electron chi connectivity index (χ4n) is 0. The molecule has 0 aliphatic heterocycles. The van der Waals surface area contributed by atoms with E-state index in [9.17, 15) is 0 Å². The summed E-state index contributed by atoms with van der Waals surface area (Å²) in [6.07, 6.45) is 0. The van der Waals surface area contributed by atoms with Gasteiger partial charge < -0.3 is 0 Å². The molecule has 0 fully saturated rings. The average molecular weight is 340 g/mol. The predicted molar refractivity (Wildman–Crippen MR) is 11.1 cm³/mol. The van der Waals surface area contributed by atoms with Crippen LogP contribution in [0.3, 0.4) is 0 Å². The second kappa shape index (κ2) is 19.3. The third-order valence-electron chi connectivity index (χ3n) is 0. The summed E-state index contributed by atoms with van der Waals surface area (Å²) in [4.78, 5) is 0. The molecule has 0 aromatic heterocycles. The molecule has 0 bridgehead atoms. The Kier molecular flexibility index (Phi) is 171. The summed E-state index contributed by atoms with van der Waals surface area (Å²) in [5, 5.41) is 0. The van der Waals surface area contributed by atoms with E-state index >= 15 is 0 Å². The summed E-state index contributed by atoms with van der Waals surface area (Å²) in [7, 11) is 0. The van der Waals surface area contributed by atoms with Gasteiger partial charge in [0.15, 0.2) is 0 Å². The minimum absolute atomic E-state index is 0. The fraction of sp³-hybridized carbons (Fsp3) is 0. The number of rotatable bonds is 0. The zero-order valence-corrected chi connectivity index (χ0v) is 8.01. The van der Waals surface area contributed by atoms with Gasteiger partial charge >= 0.3 is 0 Å². The van der Waals surface area contributed by atoms with E-state index in [1.165, 1.54) is 0 Å². The third-order valence-corrected chi connectivity index (χ3v) is 0. The molecular formula is H3CuNiPW. The van der Waals surface area contributed by atoms with Crippen LogP contribution < -0.4 is 0 Å². The smallest absolute Gasteiger partial charge is 0 e. The summed E-state index contributed by atoms with van der Waals surface area (Å²) < 4.78 is 0. The SMILES string of the molecule is P.[Cu].[Ni].[W]. The Balaban J connectivity index is 0. The van der Waals surface area contributed by atoms with Gasteiger partial charge in [0.1, 0.15) is 0 Å². The minimum Gasteiger partial charge on any atom is -0.153 e. The Morgan fingerprint density at radius 1 is 1.00 bits per heavy atom. The summed E-state index contributed by atoms with van der Waals surface area (Å²) in [5.74, 6) is 0. The predicted octanol–water partition coefficient (Wildman–Crippen LogP) is 0.0506. The molecule has 0 spiro atoms. The zero-order chi connectivity index (χ0) is 0. The molecule has 0 aliphatic rings. The van der Waals surface area contributed by atoms with Gasteiger partial charge in [-0.05, 0) is 0 Å². The van der Waals surface area contributed by atoms with Crippen molar-refractivity contribution in [1.29, 1.82) is 0 Å². The van der Waals surface area contributed by atoms with E-state index in [0.717, 1.165) is 0 Å². The molecule has 35 valence electrons. The fourth-order valence-corrected chi connectivity index (χ4v) is 0. The third kappa shape index (κ3) is 8.92. The molecule has 0 aromatic carbocycles. The van der Waals surface area contributed by atoms with Crippen LogP contribution in [0, 0.1) is 0 Å². The number of hydrogen-bond acceptors (Lipinski definition) is 0. The first-order chi connectivity index (χ1) is 0. The van der Waals surface area contributed by atoms with Crippen molar-refractivity contribution in [2.45, 2.75) is 0 Å². The van der Waals surface area contributed by atoms with Crippen LogP contribution in [-0.4, -0.2) is 0 Å². The molecule has 0 saturated heterocycles. The van der Waals surface area contributed by atoms with Gasteiger partial charge in [-0.3, -0.25) is 0 Å².